The van der Waals surface area contributed by atoms with Gasteiger partial charge in [0.05, 0.1) is 10.2 Å². The number of likely N-dealkylation sites (N-methyl/N-ethyl adjacent to an activating group) is 1. The Bertz CT molecular complexity index is 559. The Hall–Kier alpha value is -1.46. The minimum absolute atomic E-state index is 0.0239. The standard InChI is InChI=1S/C15H21N3OS/c1-11(2)14(19)18(10-9-17(3)4)15-16-12-7-5-6-8-13(12)20-15/h5-8,11H,9-10H2,1-4H3. The molecule has 108 valence electrons. The highest BCUT2D eigenvalue weighted by molar-refractivity contribution is 7.22. The van der Waals surface area contributed by atoms with Gasteiger partial charge in [0.25, 0.3) is 0 Å². The summed E-state index contributed by atoms with van der Waals surface area (Å²) in [4.78, 5) is 20.9. The van der Waals surface area contributed by atoms with Gasteiger partial charge >= 0.3 is 0 Å². The van der Waals surface area contributed by atoms with Crippen molar-refractivity contribution in [3.63, 3.8) is 0 Å². The molecule has 0 aliphatic heterocycles. The van der Waals surface area contributed by atoms with Crippen LogP contribution in [0.3, 0.4) is 0 Å². The van der Waals surface area contributed by atoms with Gasteiger partial charge in [0.1, 0.15) is 0 Å². The molecule has 4 nitrogen and oxygen atoms in total. The van der Waals surface area contributed by atoms with E-state index in [1.807, 2.05) is 57.1 Å². The number of benzene rings is 1. The fraction of sp³-hybridized carbons (Fsp3) is 0.467. The predicted molar refractivity (Wildman–Crippen MR) is 85.4 cm³/mol. The van der Waals surface area contributed by atoms with Crippen LogP contribution < -0.4 is 4.90 Å². The molecular formula is C15H21N3OS. The molecule has 0 aliphatic carbocycles. The van der Waals surface area contributed by atoms with Crippen molar-refractivity contribution in [3.8, 4) is 0 Å². The summed E-state index contributed by atoms with van der Waals surface area (Å²) < 4.78 is 1.12. The summed E-state index contributed by atoms with van der Waals surface area (Å²) in [6.07, 6.45) is 0. The maximum absolute atomic E-state index is 12.4. The van der Waals surface area contributed by atoms with E-state index in [0.29, 0.717) is 6.54 Å². The fourth-order valence-corrected chi connectivity index (χ4v) is 2.88. The van der Waals surface area contributed by atoms with Crippen molar-refractivity contribution in [1.82, 2.24) is 9.88 Å². The third kappa shape index (κ3) is 3.35. The zero-order valence-electron chi connectivity index (χ0n) is 12.5. The van der Waals surface area contributed by atoms with Gasteiger partial charge in [-0.2, -0.15) is 0 Å². The van der Waals surface area contributed by atoms with E-state index in [4.69, 9.17) is 0 Å². The summed E-state index contributed by atoms with van der Waals surface area (Å²) in [5, 5.41) is 0.798. The van der Waals surface area contributed by atoms with Crippen molar-refractivity contribution in [3.05, 3.63) is 24.3 Å². The molecular weight excluding hydrogens is 270 g/mol. The maximum atomic E-state index is 12.4. The topological polar surface area (TPSA) is 36.4 Å². The van der Waals surface area contributed by atoms with Crippen LogP contribution in [0.5, 0.6) is 0 Å². The van der Waals surface area contributed by atoms with Crippen LogP contribution in [0, 0.1) is 5.92 Å². The van der Waals surface area contributed by atoms with Gasteiger partial charge in [0.15, 0.2) is 5.13 Å². The highest BCUT2D eigenvalue weighted by atomic mass is 32.1. The summed E-state index contributed by atoms with van der Waals surface area (Å²) in [5.74, 6) is 0.107. The average molecular weight is 291 g/mol. The summed E-state index contributed by atoms with van der Waals surface area (Å²) in [6, 6.07) is 8.00. The zero-order valence-corrected chi connectivity index (χ0v) is 13.3. The van der Waals surface area contributed by atoms with Crippen LogP contribution in [0.4, 0.5) is 5.13 Å². The van der Waals surface area contributed by atoms with Gasteiger partial charge in [-0.15, -0.1) is 0 Å². The smallest absolute Gasteiger partial charge is 0.231 e. The van der Waals surface area contributed by atoms with Crippen molar-refractivity contribution >= 4 is 32.6 Å². The van der Waals surface area contributed by atoms with E-state index in [0.717, 1.165) is 21.9 Å². The third-order valence-electron chi connectivity index (χ3n) is 3.04. The molecule has 0 aliphatic rings. The molecule has 1 amide bonds. The number of nitrogens with zero attached hydrogens (tertiary/aromatic N) is 3. The first-order valence-electron chi connectivity index (χ1n) is 6.80. The third-order valence-corrected chi connectivity index (χ3v) is 4.10. The van der Waals surface area contributed by atoms with Crippen LogP contribution in [-0.2, 0) is 4.79 Å². The minimum atomic E-state index is -0.0239. The quantitative estimate of drug-likeness (QED) is 0.850. The Kier molecular flexibility index (Phi) is 4.73. The molecule has 1 aromatic heterocycles. The molecule has 0 fully saturated rings. The molecule has 2 aromatic rings. The van der Waals surface area contributed by atoms with Crippen LogP contribution in [0.25, 0.3) is 10.2 Å². The summed E-state index contributed by atoms with van der Waals surface area (Å²) >= 11 is 1.58. The van der Waals surface area contributed by atoms with Crippen molar-refractivity contribution < 1.29 is 4.79 Å². The van der Waals surface area contributed by atoms with Gasteiger partial charge in [-0.25, -0.2) is 4.98 Å². The number of fused-ring (bicyclic) bond motifs is 1. The first kappa shape index (κ1) is 14.9. The lowest BCUT2D eigenvalue weighted by Gasteiger charge is -2.23. The largest absolute Gasteiger partial charge is 0.308 e. The van der Waals surface area contributed by atoms with Gasteiger partial charge in [0.2, 0.25) is 5.91 Å². The summed E-state index contributed by atoms with van der Waals surface area (Å²) in [6.45, 7) is 5.36. The van der Waals surface area contributed by atoms with Gasteiger partial charge in [-0.1, -0.05) is 37.3 Å². The van der Waals surface area contributed by atoms with Crippen LogP contribution in [0.2, 0.25) is 0 Å². The normalized spacial score (nSPS) is 11.5. The van der Waals surface area contributed by atoms with Crippen molar-refractivity contribution in [1.29, 1.82) is 0 Å². The van der Waals surface area contributed by atoms with Gasteiger partial charge in [-0.05, 0) is 26.2 Å². The van der Waals surface area contributed by atoms with Gasteiger partial charge in [0, 0.05) is 19.0 Å². The van der Waals surface area contributed by atoms with Gasteiger partial charge < -0.3 is 4.90 Å². The van der Waals surface area contributed by atoms with E-state index in [2.05, 4.69) is 9.88 Å². The molecule has 0 spiro atoms. The number of amides is 1. The van der Waals surface area contributed by atoms with Crippen LogP contribution in [0.15, 0.2) is 24.3 Å². The van der Waals surface area contributed by atoms with Crippen molar-refractivity contribution in [2.45, 2.75) is 13.8 Å². The van der Waals surface area contributed by atoms with E-state index in [9.17, 15) is 4.79 Å². The maximum Gasteiger partial charge on any atom is 0.231 e. The SMILES string of the molecule is CC(C)C(=O)N(CCN(C)C)c1nc2ccccc2s1. The van der Waals surface area contributed by atoms with E-state index < -0.39 is 0 Å². The van der Waals surface area contributed by atoms with Crippen molar-refractivity contribution in [2.24, 2.45) is 5.92 Å². The Morgan fingerprint density at radius 3 is 2.55 bits per heavy atom. The molecule has 0 atom stereocenters. The summed E-state index contributed by atoms with van der Waals surface area (Å²) in [5.41, 5.74) is 0.957. The molecule has 0 unspecified atom stereocenters. The van der Waals surface area contributed by atoms with Gasteiger partial charge in [-0.3, -0.25) is 9.69 Å². The lowest BCUT2D eigenvalue weighted by molar-refractivity contribution is -0.121. The molecule has 1 heterocycles. The molecule has 20 heavy (non-hydrogen) atoms. The lowest BCUT2D eigenvalue weighted by Crippen LogP contribution is -2.39. The minimum Gasteiger partial charge on any atom is -0.308 e. The van der Waals surface area contributed by atoms with Crippen molar-refractivity contribution in [2.75, 3.05) is 32.1 Å². The Morgan fingerprint density at radius 2 is 1.95 bits per heavy atom. The molecule has 5 heteroatoms. The molecule has 0 saturated carbocycles. The Morgan fingerprint density at radius 1 is 1.25 bits per heavy atom. The highest BCUT2D eigenvalue weighted by Crippen LogP contribution is 2.29. The second-order valence-electron chi connectivity index (χ2n) is 5.41. The summed E-state index contributed by atoms with van der Waals surface area (Å²) in [7, 11) is 4.02. The van der Waals surface area contributed by atoms with Crippen LogP contribution in [-0.4, -0.2) is 43.0 Å². The molecule has 2 rings (SSSR count). The molecule has 0 radical (unpaired) electrons. The predicted octanol–water partition coefficient (Wildman–Crippen LogP) is 2.85. The monoisotopic (exact) mass is 291 g/mol. The van der Waals surface area contributed by atoms with E-state index >= 15 is 0 Å². The second kappa shape index (κ2) is 6.33. The highest BCUT2D eigenvalue weighted by Gasteiger charge is 2.21. The number of para-hydroxylation sites is 1. The molecule has 0 saturated heterocycles. The molecule has 0 N–H and O–H groups in total. The first-order valence-corrected chi connectivity index (χ1v) is 7.62. The number of aromatic nitrogens is 1. The molecule has 0 bridgehead atoms. The number of carbonyl (C=O) groups excluding carboxylic acids is 1. The van der Waals surface area contributed by atoms with E-state index in [-0.39, 0.29) is 11.8 Å². The second-order valence-corrected chi connectivity index (χ2v) is 6.42. The molecule has 1 aromatic carbocycles. The Balaban J connectivity index is 2.31. The number of carbonyl (C=O) groups is 1. The Labute approximate surface area is 124 Å². The zero-order chi connectivity index (χ0) is 14.7. The number of anilines is 1. The first-order chi connectivity index (χ1) is 9.49. The lowest BCUT2D eigenvalue weighted by atomic mass is 10.2. The number of thiazole rings is 1. The van der Waals surface area contributed by atoms with Crippen LogP contribution in [0.1, 0.15) is 13.8 Å². The van der Waals surface area contributed by atoms with Crippen LogP contribution >= 0.6 is 11.3 Å². The number of hydrogen-bond acceptors (Lipinski definition) is 4. The fourth-order valence-electron chi connectivity index (χ4n) is 1.89. The number of hydrogen-bond donors (Lipinski definition) is 0. The number of rotatable bonds is 5. The van der Waals surface area contributed by atoms with E-state index in [1.54, 1.807) is 11.3 Å². The van der Waals surface area contributed by atoms with E-state index in [1.165, 1.54) is 0 Å². The average Bonchev–Trinajstić information content (AvgIpc) is 2.81.